The molecule has 3 heterocycles. The maximum atomic E-state index is 12.5. The van der Waals surface area contributed by atoms with Crippen molar-refractivity contribution < 1.29 is 19.2 Å². The normalized spacial score (nSPS) is 13.0. The maximum Gasteiger partial charge on any atom is 0.384 e. The van der Waals surface area contributed by atoms with Crippen LogP contribution in [0.4, 0.5) is 0 Å². The lowest BCUT2D eigenvalue weighted by Gasteiger charge is -2.11. The molecule has 0 atom stereocenters. The summed E-state index contributed by atoms with van der Waals surface area (Å²) in [5.41, 5.74) is 2.41. The third kappa shape index (κ3) is 2.82. The van der Waals surface area contributed by atoms with Crippen LogP contribution < -0.4 is 0 Å². The molecule has 2 aromatic heterocycles. The number of carbonyl (C=O) groups excluding carboxylic acids is 3. The largest absolute Gasteiger partial charge is 0.384 e. The predicted octanol–water partition coefficient (Wildman–Crippen LogP) is 1.96. The van der Waals surface area contributed by atoms with Crippen LogP contribution in [0.25, 0.3) is 5.95 Å². The van der Waals surface area contributed by atoms with Gasteiger partial charge in [0.25, 0.3) is 17.8 Å². The fourth-order valence-electron chi connectivity index (χ4n) is 2.96. The van der Waals surface area contributed by atoms with Crippen molar-refractivity contribution in [2.75, 3.05) is 0 Å². The molecule has 0 radical (unpaired) electrons. The maximum absolute atomic E-state index is 12.5. The van der Waals surface area contributed by atoms with Crippen LogP contribution in [0.15, 0.2) is 36.4 Å². The lowest BCUT2D eigenvalue weighted by molar-refractivity contribution is -0.0588. The molecule has 1 aliphatic heterocycles. The van der Waals surface area contributed by atoms with Crippen LogP contribution >= 0.6 is 0 Å². The highest BCUT2D eigenvalue weighted by Gasteiger charge is 2.39. The summed E-state index contributed by atoms with van der Waals surface area (Å²) in [7, 11) is 0. The molecular formula is C19H15N5O4. The average molecular weight is 377 g/mol. The first-order valence-electron chi connectivity index (χ1n) is 8.44. The second kappa shape index (κ2) is 6.38. The molecule has 9 nitrogen and oxygen atoms in total. The van der Waals surface area contributed by atoms with Gasteiger partial charge in [-0.3, -0.25) is 9.59 Å². The summed E-state index contributed by atoms with van der Waals surface area (Å²) >= 11 is 0. The second-order valence-electron chi connectivity index (χ2n) is 6.36. The number of carbonyl (C=O) groups is 3. The van der Waals surface area contributed by atoms with Crippen molar-refractivity contribution in [1.29, 1.82) is 0 Å². The van der Waals surface area contributed by atoms with Gasteiger partial charge >= 0.3 is 5.97 Å². The Morgan fingerprint density at radius 3 is 2.07 bits per heavy atom. The summed E-state index contributed by atoms with van der Waals surface area (Å²) in [5.74, 6) is -2.00. The molecule has 0 bridgehead atoms. The van der Waals surface area contributed by atoms with Crippen molar-refractivity contribution in [2.24, 2.45) is 0 Å². The van der Waals surface area contributed by atoms with E-state index < -0.39 is 17.8 Å². The van der Waals surface area contributed by atoms with E-state index in [4.69, 9.17) is 4.84 Å². The van der Waals surface area contributed by atoms with Crippen LogP contribution in [0.3, 0.4) is 0 Å². The van der Waals surface area contributed by atoms with Crippen LogP contribution in [-0.4, -0.2) is 42.6 Å². The molecule has 140 valence electrons. The number of hydrogen-bond acceptors (Lipinski definition) is 7. The Balaban J connectivity index is 1.60. The quantitative estimate of drug-likeness (QED) is 0.642. The molecule has 0 N–H and O–H groups in total. The van der Waals surface area contributed by atoms with E-state index in [0.717, 1.165) is 11.4 Å². The third-order valence-corrected chi connectivity index (χ3v) is 4.19. The molecule has 0 aliphatic carbocycles. The van der Waals surface area contributed by atoms with Gasteiger partial charge in [0.2, 0.25) is 0 Å². The van der Waals surface area contributed by atoms with E-state index in [9.17, 15) is 14.4 Å². The Morgan fingerprint density at radius 1 is 0.929 bits per heavy atom. The van der Waals surface area contributed by atoms with Gasteiger partial charge in [-0.05, 0) is 45.0 Å². The summed E-state index contributed by atoms with van der Waals surface area (Å²) in [4.78, 5) is 50.8. The van der Waals surface area contributed by atoms with Gasteiger partial charge in [-0.2, -0.15) is 5.10 Å². The molecule has 0 spiro atoms. The van der Waals surface area contributed by atoms with Gasteiger partial charge in [0.15, 0.2) is 5.69 Å². The minimum Gasteiger partial charge on any atom is -0.322 e. The zero-order chi connectivity index (χ0) is 20.0. The third-order valence-electron chi connectivity index (χ3n) is 4.19. The van der Waals surface area contributed by atoms with Gasteiger partial charge < -0.3 is 4.84 Å². The van der Waals surface area contributed by atoms with Crippen molar-refractivity contribution in [3.05, 3.63) is 70.3 Å². The number of benzene rings is 1. The van der Waals surface area contributed by atoms with E-state index >= 15 is 0 Å². The average Bonchev–Trinajstić information content (AvgIpc) is 3.15. The lowest BCUT2D eigenvalue weighted by atomic mass is 10.1. The van der Waals surface area contributed by atoms with Crippen molar-refractivity contribution in [1.82, 2.24) is 24.8 Å². The van der Waals surface area contributed by atoms with E-state index in [1.807, 2.05) is 19.9 Å². The number of hydroxylamine groups is 2. The lowest BCUT2D eigenvalue weighted by Crippen LogP contribution is -2.32. The number of fused-ring (bicyclic) bond motifs is 1. The summed E-state index contributed by atoms with van der Waals surface area (Å²) in [6.07, 6.45) is 0. The standard InChI is InChI=1S/C19H15N5O4/c1-10-8-11(2)21-19(20-10)23-12(3)9-15(22-23)18(27)28-24-16(25)13-6-4-5-7-14(13)17(24)26/h4-9H,1-3H3. The Hall–Kier alpha value is -3.88. The second-order valence-corrected chi connectivity index (χ2v) is 6.36. The predicted molar refractivity (Wildman–Crippen MR) is 95.7 cm³/mol. The van der Waals surface area contributed by atoms with E-state index in [-0.39, 0.29) is 16.8 Å². The zero-order valence-corrected chi connectivity index (χ0v) is 15.3. The highest BCUT2D eigenvalue weighted by Crippen LogP contribution is 2.23. The number of amides is 2. The Morgan fingerprint density at radius 2 is 1.50 bits per heavy atom. The highest BCUT2D eigenvalue weighted by atomic mass is 16.7. The fraction of sp³-hybridized carbons (Fsp3) is 0.158. The van der Waals surface area contributed by atoms with Gasteiger partial charge in [0.1, 0.15) is 0 Å². The van der Waals surface area contributed by atoms with Gasteiger partial charge in [0.05, 0.1) is 11.1 Å². The van der Waals surface area contributed by atoms with Gasteiger partial charge in [0, 0.05) is 17.1 Å². The monoisotopic (exact) mass is 377 g/mol. The van der Waals surface area contributed by atoms with Crippen LogP contribution in [0.2, 0.25) is 0 Å². The molecule has 0 unspecified atom stereocenters. The first kappa shape index (κ1) is 17.5. The first-order chi connectivity index (χ1) is 13.3. The molecule has 9 heteroatoms. The van der Waals surface area contributed by atoms with Gasteiger partial charge in [-0.1, -0.05) is 17.2 Å². The number of aryl methyl sites for hydroxylation is 3. The molecular weight excluding hydrogens is 362 g/mol. The molecule has 0 saturated carbocycles. The van der Waals surface area contributed by atoms with Crippen molar-refractivity contribution >= 4 is 17.8 Å². The van der Waals surface area contributed by atoms with E-state index in [1.54, 1.807) is 19.1 Å². The minimum atomic E-state index is -0.930. The molecule has 4 rings (SSSR count). The number of hydrogen-bond donors (Lipinski definition) is 0. The number of aromatic nitrogens is 4. The summed E-state index contributed by atoms with van der Waals surface area (Å²) in [6, 6.07) is 9.55. The molecule has 0 fully saturated rings. The zero-order valence-electron chi connectivity index (χ0n) is 15.3. The molecule has 2 amide bonds. The van der Waals surface area contributed by atoms with Crippen molar-refractivity contribution in [3.63, 3.8) is 0 Å². The van der Waals surface area contributed by atoms with Crippen LogP contribution in [-0.2, 0) is 4.84 Å². The van der Waals surface area contributed by atoms with E-state index in [2.05, 4.69) is 15.1 Å². The summed E-state index contributed by atoms with van der Waals surface area (Å²) < 4.78 is 1.40. The first-order valence-corrected chi connectivity index (χ1v) is 8.44. The molecule has 3 aromatic rings. The Labute approximate surface area is 159 Å². The SMILES string of the molecule is Cc1cc(C)nc(-n2nc(C(=O)ON3C(=O)c4ccccc4C3=O)cc2C)n1. The van der Waals surface area contributed by atoms with Crippen molar-refractivity contribution in [2.45, 2.75) is 20.8 Å². The van der Waals surface area contributed by atoms with Crippen LogP contribution in [0.1, 0.15) is 48.3 Å². The molecule has 1 aliphatic rings. The number of rotatable bonds is 3. The summed E-state index contributed by atoms with van der Waals surface area (Å²) in [5, 5.41) is 4.62. The summed E-state index contributed by atoms with van der Waals surface area (Å²) in [6.45, 7) is 5.38. The van der Waals surface area contributed by atoms with Crippen LogP contribution in [0.5, 0.6) is 0 Å². The van der Waals surface area contributed by atoms with Gasteiger partial charge in [-0.15, -0.1) is 0 Å². The van der Waals surface area contributed by atoms with E-state index in [0.29, 0.717) is 16.7 Å². The number of imide groups is 1. The highest BCUT2D eigenvalue weighted by molar-refractivity contribution is 6.21. The molecule has 0 saturated heterocycles. The Kier molecular flexibility index (Phi) is 3.99. The fourth-order valence-corrected chi connectivity index (χ4v) is 2.96. The van der Waals surface area contributed by atoms with E-state index in [1.165, 1.54) is 22.9 Å². The van der Waals surface area contributed by atoms with Crippen LogP contribution in [0, 0.1) is 20.8 Å². The molecule has 28 heavy (non-hydrogen) atoms. The smallest absolute Gasteiger partial charge is 0.322 e. The molecule has 1 aromatic carbocycles. The van der Waals surface area contributed by atoms with Crippen molar-refractivity contribution in [3.8, 4) is 5.95 Å². The number of nitrogens with zero attached hydrogens (tertiary/aromatic N) is 5. The Bertz CT molecular complexity index is 1100. The van der Waals surface area contributed by atoms with Gasteiger partial charge in [-0.25, -0.2) is 19.4 Å². The minimum absolute atomic E-state index is 0.0724. The topological polar surface area (TPSA) is 107 Å².